The molecule has 0 unspecified atom stereocenters. The molecule has 0 saturated carbocycles. The molecule has 1 aromatic carbocycles. The van der Waals surface area contributed by atoms with Gasteiger partial charge in [0.25, 0.3) is 5.91 Å². The van der Waals surface area contributed by atoms with Crippen molar-refractivity contribution in [3.63, 3.8) is 0 Å². The van der Waals surface area contributed by atoms with Crippen LogP contribution < -0.4 is 0 Å². The van der Waals surface area contributed by atoms with E-state index in [4.69, 9.17) is 4.74 Å². The zero-order valence-electron chi connectivity index (χ0n) is 19.2. The van der Waals surface area contributed by atoms with Crippen LogP contribution in [0.2, 0.25) is 0 Å². The van der Waals surface area contributed by atoms with Crippen LogP contribution in [0.25, 0.3) is 0 Å². The van der Waals surface area contributed by atoms with E-state index in [2.05, 4.69) is 0 Å². The van der Waals surface area contributed by atoms with Crippen LogP contribution in [0.4, 0.5) is 0 Å². The van der Waals surface area contributed by atoms with Gasteiger partial charge in [-0.2, -0.15) is 4.31 Å². The molecule has 178 valence electrons. The molecule has 9 nitrogen and oxygen atoms in total. The number of likely N-dealkylation sites (tertiary alicyclic amines) is 1. The highest BCUT2D eigenvalue weighted by atomic mass is 32.2. The first kappa shape index (κ1) is 25.8. The molecule has 1 aliphatic heterocycles. The van der Waals surface area contributed by atoms with Crippen molar-refractivity contribution in [1.82, 2.24) is 14.1 Å². The molecular formula is C22H33N3O6S. The Morgan fingerprint density at radius 3 is 2.47 bits per heavy atom. The Morgan fingerprint density at radius 1 is 1.16 bits per heavy atom. The number of esters is 1. The molecule has 0 aromatic heterocycles. The third-order valence-electron chi connectivity index (χ3n) is 5.54. The summed E-state index contributed by atoms with van der Waals surface area (Å²) in [6.45, 7) is 6.83. The molecule has 32 heavy (non-hydrogen) atoms. The van der Waals surface area contributed by atoms with Crippen LogP contribution in [0.1, 0.15) is 44.0 Å². The van der Waals surface area contributed by atoms with Crippen molar-refractivity contribution < 1.29 is 27.5 Å². The Balaban J connectivity index is 2.08. The maximum Gasteiger partial charge on any atom is 0.310 e. The fourth-order valence-electron chi connectivity index (χ4n) is 3.75. The summed E-state index contributed by atoms with van der Waals surface area (Å²) in [6, 6.07) is 5.85. The molecule has 1 heterocycles. The van der Waals surface area contributed by atoms with Crippen LogP contribution in [0.3, 0.4) is 0 Å². The summed E-state index contributed by atoms with van der Waals surface area (Å²) in [5.74, 6) is -1.37. The second-order valence-electron chi connectivity index (χ2n) is 7.71. The van der Waals surface area contributed by atoms with E-state index in [1.165, 1.54) is 40.5 Å². The van der Waals surface area contributed by atoms with E-state index in [0.717, 1.165) is 0 Å². The first-order valence-electron chi connectivity index (χ1n) is 11.0. The van der Waals surface area contributed by atoms with Gasteiger partial charge in [0.15, 0.2) is 0 Å². The fourth-order valence-corrected chi connectivity index (χ4v) is 5.26. The first-order valence-corrected chi connectivity index (χ1v) is 12.4. The summed E-state index contributed by atoms with van der Waals surface area (Å²) in [5, 5.41) is 0. The van der Waals surface area contributed by atoms with Crippen molar-refractivity contribution in [2.24, 2.45) is 5.92 Å². The third kappa shape index (κ3) is 6.07. The minimum atomic E-state index is -3.70. The van der Waals surface area contributed by atoms with Gasteiger partial charge in [-0.1, -0.05) is 19.9 Å². The zero-order valence-corrected chi connectivity index (χ0v) is 20.1. The van der Waals surface area contributed by atoms with Gasteiger partial charge < -0.3 is 14.5 Å². The molecule has 10 heteroatoms. The molecule has 2 rings (SSSR count). The van der Waals surface area contributed by atoms with Gasteiger partial charge in [0.1, 0.15) is 0 Å². The van der Waals surface area contributed by atoms with Gasteiger partial charge in [-0.05, 0) is 38.0 Å². The van der Waals surface area contributed by atoms with E-state index in [1.807, 2.05) is 0 Å². The smallest absolute Gasteiger partial charge is 0.310 e. The van der Waals surface area contributed by atoms with Crippen LogP contribution in [-0.4, -0.2) is 86.7 Å². The quantitative estimate of drug-likeness (QED) is 0.511. The number of rotatable bonds is 9. The summed E-state index contributed by atoms with van der Waals surface area (Å²) in [7, 11) is -2.20. The molecular weight excluding hydrogens is 434 g/mol. The van der Waals surface area contributed by atoms with Crippen molar-refractivity contribution in [3.05, 3.63) is 29.8 Å². The molecule has 1 aliphatic rings. The standard InChI is InChI=1S/C22H33N3O6S/c1-5-25(6-2)32(29,30)19-12-8-10-17(14-19)21(27)23(4)16-20(26)24-13-9-11-18(15-24)22(28)31-7-3/h8,10,12,14,18H,5-7,9,11,13,15-16H2,1-4H3/t18-/m1/s1. The number of sulfonamides is 1. The van der Waals surface area contributed by atoms with Crippen molar-refractivity contribution >= 4 is 27.8 Å². The van der Waals surface area contributed by atoms with Crippen LogP contribution in [-0.2, 0) is 24.3 Å². The molecule has 1 saturated heterocycles. The lowest BCUT2D eigenvalue weighted by Gasteiger charge is -2.32. The van der Waals surface area contributed by atoms with Crippen LogP contribution in [0.15, 0.2) is 29.2 Å². The maximum absolute atomic E-state index is 12.9. The summed E-state index contributed by atoms with van der Waals surface area (Å²) >= 11 is 0. The molecule has 2 amide bonds. The number of amides is 2. The largest absolute Gasteiger partial charge is 0.466 e. The van der Waals surface area contributed by atoms with Crippen molar-refractivity contribution in [3.8, 4) is 0 Å². The van der Waals surface area contributed by atoms with E-state index in [1.54, 1.807) is 25.7 Å². The Bertz CT molecular complexity index is 929. The van der Waals surface area contributed by atoms with Gasteiger partial charge in [0.05, 0.1) is 24.0 Å². The van der Waals surface area contributed by atoms with Gasteiger partial charge in [0, 0.05) is 38.8 Å². The summed E-state index contributed by atoms with van der Waals surface area (Å²) in [4.78, 5) is 40.5. The topological polar surface area (TPSA) is 104 Å². The Morgan fingerprint density at radius 2 is 1.84 bits per heavy atom. The number of carbonyl (C=O) groups is 3. The average molecular weight is 468 g/mol. The van der Waals surface area contributed by atoms with Crippen LogP contribution in [0.5, 0.6) is 0 Å². The molecule has 0 aliphatic carbocycles. The normalized spacial score (nSPS) is 16.7. The molecule has 1 aromatic rings. The number of ether oxygens (including phenoxy) is 1. The van der Waals surface area contributed by atoms with E-state index < -0.39 is 15.9 Å². The van der Waals surface area contributed by atoms with Crippen molar-refractivity contribution in [2.75, 3.05) is 46.4 Å². The molecule has 0 spiro atoms. The van der Waals surface area contributed by atoms with Crippen molar-refractivity contribution in [1.29, 1.82) is 0 Å². The number of likely N-dealkylation sites (N-methyl/N-ethyl adjacent to an activating group) is 1. The Labute approximate surface area is 190 Å². The lowest BCUT2D eigenvalue weighted by molar-refractivity contribution is -0.151. The number of benzene rings is 1. The summed E-state index contributed by atoms with van der Waals surface area (Å²) < 4.78 is 31.9. The maximum atomic E-state index is 12.9. The molecule has 1 atom stereocenters. The van der Waals surface area contributed by atoms with Gasteiger partial charge in [-0.3, -0.25) is 14.4 Å². The fraction of sp³-hybridized carbons (Fsp3) is 0.591. The highest BCUT2D eigenvalue weighted by Crippen LogP contribution is 2.20. The lowest BCUT2D eigenvalue weighted by Crippen LogP contribution is -2.47. The lowest BCUT2D eigenvalue weighted by atomic mass is 9.98. The number of hydrogen-bond acceptors (Lipinski definition) is 6. The zero-order chi connectivity index (χ0) is 23.9. The highest BCUT2D eigenvalue weighted by molar-refractivity contribution is 7.89. The van der Waals surface area contributed by atoms with Gasteiger partial charge in [-0.25, -0.2) is 8.42 Å². The summed E-state index contributed by atoms with van der Waals surface area (Å²) in [5.41, 5.74) is 0.191. The number of nitrogens with zero attached hydrogens (tertiary/aromatic N) is 3. The number of hydrogen-bond donors (Lipinski definition) is 0. The SMILES string of the molecule is CCOC(=O)[C@@H]1CCCN(C(=O)CN(C)C(=O)c2cccc(S(=O)(=O)N(CC)CC)c2)C1. The summed E-state index contributed by atoms with van der Waals surface area (Å²) in [6.07, 6.45) is 1.36. The Hall–Kier alpha value is -2.46. The van der Waals surface area contributed by atoms with Crippen LogP contribution in [0, 0.1) is 5.92 Å². The van der Waals surface area contributed by atoms with E-state index in [-0.39, 0.29) is 41.3 Å². The Kier molecular flexibility index (Phi) is 9.21. The number of carbonyl (C=O) groups excluding carboxylic acids is 3. The molecule has 1 fully saturated rings. The minimum Gasteiger partial charge on any atom is -0.466 e. The first-order chi connectivity index (χ1) is 15.1. The highest BCUT2D eigenvalue weighted by Gasteiger charge is 2.30. The van der Waals surface area contributed by atoms with Crippen LogP contribution >= 0.6 is 0 Å². The van der Waals surface area contributed by atoms with Gasteiger partial charge in [0.2, 0.25) is 15.9 Å². The molecule has 0 bridgehead atoms. The van der Waals surface area contributed by atoms with Crippen molar-refractivity contribution in [2.45, 2.75) is 38.5 Å². The predicted octanol–water partition coefficient (Wildman–Crippen LogP) is 1.59. The van der Waals surface area contributed by atoms with Gasteiger partial charge in [-0.15, -0.1) is 0 Å². The molecule has 0 N–H and O–H groups in total. The second-order valence-corrected chi connectivity index (χ2v) is 9.65. The predicted molar refractivity (Wildman–Crippen MR) is 119 cm³/mol. The van der Waals surface area contributed by atoms with E-state index in [0.29, 0.717) is 39.1 Å². The second kappa shape index (κ2) is 11.4. The third-order valence-corrected chi connectivity index (χ3v) is 7.58. The minimum absolute atomic E-state index is 0.0417. The average Bonchev–Trinajstić information content (AvgIpc) is 2.79. The monoisotopic (exact) mass is 467 g/mol. The van der Waals surface area contributed by atoms with Gasteiger partial charge >= 0.3 is 5.97 Å². The number of piperidine rings is 1. The van der Waals surface area contributed by atoms with E-state index >= 15 is 0 Å². The molecule has 0 radical (unpaired) electrons. The van der Waals surface area contributed by atoms with E-state index in [9.17, 15) is 22.8 Å².